The number of H-pyrrole nitrogens is 1. The van der Waals surface area contributed by atoms with Gasteiger partial charge in [0.1, 0.15) is 5.82 Å². The monoisotopic (exact) mass is 146 g/mol. The predicted molar refractivity (Wildman–Crippen MR) is 44.9 cm³/mol. The molecule has 56 valence electrons. The van der Waals surface area contributed by atoms with E-state index < -0.39 is 0 Å². The van der Waals surface area contributed by atoms with Gasteiger partial charge in [0.2, 0.25) is 0 Å². The molecule has 0 saturated carbocycles. The number of nitrogens with zero attached hydrogens (tertiary/aromatic N) is 1. The average Bonchev–Trinajstić information content (AvgIpc) is 2.55. The zero-order valence-corrected chi connectivity index (χ0v) is 6.41. The van der Waals surface area contributed by atoms with Crippen molar-refractivity contribution in [2.45, 2.75) is 6.92 Å². The van der Waals surface area contributed by atoms with Gasteiger partial charge in [0, 0.05) is 18.1 Å². The van der Waals surface area contributed by atoms with Crippen molar-refractivity contribution >= 4 is 0 Å². The molecule has 0 unspecified atom stereocenters. The van der Waals surface area contributed by atoms with E-state index in [-0.39, 0.29) is 0 Å². The Bertz CT molecular complexity index is 330. The van der Waals surface area contributed by atoms with E-state index in [1.807, 2.05) is 30.6 Å². The summed E-state index contributed by atoms with van der Waals surface area (Å²) in [7, 11) is 0. The minimum Gasteiger partial charge on any atom is -0.348 e. The Morgan fingerprint density at radius 1 is 1.27 bits per heavy atom. The summed E-state index contributed by atoms with van der Waals surface area (Å²) in [4.78, 5) is 3.14. The second-order valence-corrected chi connectivity index (χ2v) is 2.57. The molecule has 11 heavy (non-hydrogen) atoms. The molecule has 2 rings (SSSR count). The number of aromatic amines is 1. The molecule has 0 aliphatic carbocycles. The minimum atomic E-state index is 1.12. The van der Waals surface area contributed by atoms with Crippen molar-refractivity contribution in [3.05, 3.63) is 42.4 Å². The van der Waals surface area contributed by atoms with Gasteiger partial charge in [-0.25, -0.2) is 0 Å². The molecule has 0 aliphatic heterocycles. The predicted octanol–water partition coefficient (Wildman–Crippen LogP) is 2.11. The van der Waals surface area contributed by atoms with Crippen LogP contribution >= 0.6 is 0 Å². The maximum atomic E-state index is 3.14. The topological polar surface area (TPSA) is 20.7 Å². The largest absolute Gasteiger partial charge is 0.348 e. The number of hydrogen-bond donors (Lipinski definition) is 1. The average molecular weight is 146 g/mol. The molecular formula is C9H10N2. The first-order valence-electron chi connectivity index (χ1n) is 3.65. The molecule has 0 aliphatic rings. The summed E-state index contributed by atoms with van der Waals surface area (Å²) < 4.78 is 2.11. The van der Waals surface area contributed by atoms with Crippen molar-refractivity contribution in [3.8, 4) is 5.82 Å². The van der Waals surface area contributed by atoms with Crippen LogP contribution in [0.25, 0.3) is 5.82 Å². The molecule has 0 spiro atoms. The van der Waals surface area contributed by atoms with Gasteiger partial charge in [-0.2, -0.15) is 0 Å². The minimum absolute atomic E-state index is 1.12. The molecule has 2 heterocycles. The third-order valence-corrected chi connectivity index (χ3v) is 1.79. The molecule has 0 saturated heterocycles. The second-order valence-electron chi connectivity index (χ2n) is 2.57. The first kappa shape index (κ1) is 6.28. The van der Waals surface area contributed by atoms with Gasteiger partial charge in [-0.05, 0) is 31.2 Å². The third kappa shape index (κ3) is 0.963. The van der Waals surface area contributed by atoms with Gasteiger partial charge in [0.05, 0.1) is 0 Å². The van der Waals surface area contributed by atoms with Gasteiger partial charge < -0.3 is 9.55 Å². The van der Waals surface area contributed by atoms with Crippen molar-refractivity contribution in [1.29, 1.82) is 0 Å². The van der Waals surface area contributed by atoms with E-state index in [9.17, 15) is 0 Å². The molecular weight excluding hydrogens is 136 g/mol. The van der Waals surface area contributed by atoms with Crippen molar-refractivity contribution in [1.82, 2.24) is 9.55 Å². The molecule has 0 bridgehead atoms. The summed E-state index contributed by atoms with van der Waals surface area (Å²) in [6.07, 6.45) is 3.97. The van der Waals surface area contributed by atoms with E-state index in [1.54, 1.807) is 0 Å². The molecule has 2 aromatic rings. The highest BCUT2D eigenvalue weighted by Crippen LogP contribution is 2.08. The third-order valence-electron chi connectivity index (χ3n) is 1.79. The van der Waals surface area contributed by atoms with Crippen LogP contribution in [0.5, 0.6) is 0 Å². The Morgan fingerprint density at radius 3 is 2.73 bits per heavy atom. The van der Waals surface area contributed by atoms with Crippen LogP contribution in [-0.2, 0) is 0 Å². The maximum absolute atomic E-state index is 3.14. The summed E-state index contributed by atoms with van der Waals surface area (Å²) in [6, 6.07) is 8.17. The zero-order chi connectivity index (χ0) is 7.68. The lowest BCUT2D eigenvalue weighted by molar-refractivity contribution is 0.976. The molecule has 0 amide bonds. The highest BCUT2D eigenvalue weighted by Gasteiger charge is 1.96. The Kier molecular flexibility index (Phi) is 1.32. The molecule has 2 aromatic heterocycles. The quantitative estimate of drug-likeness (QED) is 0.636. The van der Waals surface area contributed by atoms with Gasteiger partial charge in [0.15, 0.2) is 0 Å². The fraction of sp³-hybridized carbons (Fsp3) is 0.111. The second kappa shape index (κ2) is 2.31. The number of rotatable bonds is 1. The van der Waals surface area contributed by atoms with E-state index in [1.165, 1.54) is 5.69 Å². The SMILES string of the molecule is Cc1cccn1-c1ccc[nH]1. The van der Waals surface area contributed by atoms with Gasteiger partial charge in [-0.1, -0.05) is 0 Å². The Morgan fingerprint density at radius 2 is 2.18 bits per heavy atom. The molecule has 1 N–H and O–H groups in total. The first-order valence-corrected chi connectivity index (χ1v) is 3.65. The maximum Gasteiger partial charge on any atom is 0.114 e. The highest BCUT2D eigenvalue weighted by atomic mass is 15.1. The lowest BCUT2D eigenvalue weighted by Crippen LogP contribution is -1.93. The van der Waals surface area contributed by atoms with Crippen LogP contribution in [0.3, 0.4) is 0 Å². The number of aromatic nitrogens is 2. The van der Waals surface area contributed by atoms with Crippen LogP contribution in [0.1, 0.15) is 5.69 Å². The summed E-state index contributed by atoms with van der Waals surface area (Å²) >= 11 is 0. The van der Waals surface area contributed by atoms with E-state index >= 15 is 0 Å². The Labute approximate surface area is 65.5 Å². The van der Waals surface area contributed by atoms with Crippen LogP contribution in [0.2, 0.25) is 0 Å². The van der Waals surface area contributed by atoms with E-state index in [0.717, 1.165) is 5.82 Å². The summed E-state index contributed by atoms with van der Waals surface area (Å²) in [5.41, 5.74) is 1.24. The lowest BCUT2D eigenvalue weighted by atomic mass is 10.5. The Hall–Kier alpha value is -1.44. The highest BCUT2D eigenvalue weighted by molar-refractivity contribution is 5.27. The van der Waals surface area contributed by atoms with Crippen molar-refractivity contribution in [2.75, 3.05) is 0 Å². The van der Waals surface area contributed by atoms with Crippen LogP contribution in [0, 0.1) is 6.92 Å². The lowest BCUT2D eigenvalue weighted by Gasteiger charge is -2.00. The van der Waals surface area contributed by atoms with Crippen LogP contribution in [0.4, 0.5) is 0 Å². The number of aryl methyl sites for hydroxylation is 1. The number of nitrogens with one attached hydrogen (secondary N) is 1. The standard InChI is InChI=1S/C9H10N2/c1-8-4-3-7-11(8)9-5-2-6-10-9/h2-7,10H,1H3. The first-order chi connectivity index (χ1) is 5.38. The number of hydrogen-bond acceptors (Lipinski definition) is 0. The molecule has 0 aromatic carbocycles. The van der Waals surface area contributed by atoms with Gasteiger partial charge in [0.25, 0.3) is 0 Å². The van der Waals surface area contributed by atoms with Crippen LogP contribution in [-0.4, -0.2) is 9.55 Å². The van der Waals surface area contributed by atoms with Gasteiger partial charge >= 0.3 is 0 Å². The molecule has 0 atom stereocenters. The van der Waals surface area contributed by atoms with Crippen molar-refractivity contribution in [3.63, 3.8) is 0 Å². The normalized spacial score (nSPS) is 10.3. The fourth-order valence-corrected chi connectivity index (χ4v) is 1.21. The molecule has 0 fully saturated rings. The summed E-state index contributed by atoms with van der Waals surface area (Å²) in [6.45, 7) is 2.08. The van der Waals surface area contributed by atoms with Gasteiger partial charge in [-0.15, -0.1) is 0 Å². The van der Waals surface area contributed by atoms with Crippen LogP contribution in [0.15, 0.2) is 36.7 Å². The summed E-state index contributed by atoms with van der Waals surface area (Å²) in [5, 5.41) is 0. The zero-order valence-electron chi connectivity index (χ0n) is 6.41. The van der Waals surface area contributed by atoms with E-state index in [2.05, 4.69) is 22.5 Å². The van der Waals surface area contributed by atoms with Crippen LogP contribution < -0.4 is 0 Å². The van der Waals surface area contributed by atoms with E-state index in [0.29, 0.717) is 0 Å². The summed E-state index contributed by atoms with van der Waals surface area (Å²) in [5.74, 6) is 1.12. The molecule has 2 heteroatoms. The fourth-order valence-electron chi connectivity index (χ4n) is 1.21. The van der Waals surface area contributed by atoms with Crippen molar-refractivity contribution in [2.24, 2.45) is 0 Å². The smallest absolute Gasteiger partial charge is 0.114 e. The van der Waals surface area contributed by atoms with Crippen molar-refractivity contribution < 1.29 is 0 Å². The molecule has 0 radical (unpaired) electrons. The van der Waals surface area contributed by atoms with Gasteiger partial charge in [-0.3, -0.25) is 0 Å². The Balaban J connectivity index is 2.53. The van der Waals surface area contributed by atoms with E-state index in [4.69, 9.17) is 0 Å². The molecule has 2 nitrogen and oxygen atoms in total.